The van der Waals surface area contributed by atoms with Gasteiger partial charge in [-0.25, -0.2) is 0 Å². The summed E-state index contributed by atoms with van der Waals surface area (Å²) >= 11 is 2.27. The molecule has 0 aromatic heterocycles. The second-order valence-electron chi connectivity index (χ2n) is 5.18. The van der Waals surface area contributed by atoms with Crippen LogP contribution in [-0.4, -0.2) is 24.4 Å². The van der Waals surface area contributed by atoms with E-state index in [0.717, 1.165) is 22.6 Å². The maximum atomic E-state index is 9.98. The van der Waals surface area contributed by atoms with Gasteiger partial charge in [0.25, 0.3) is 0 Å². The molecule has 2 aromatic rings. The number of anilines is 1. The molecule has 4 heteroatoms. The Hall–Kier alpha value is -1.27. The molecular weight excluding hydrogens is 377 g/mol. The maximum absolute atomic E-state index is 9.98. The number of nitrogens with one attached hydrogen (secondary N) is 1. The van der Waals surface area contributed by atoms with E-state index < -0.39 is 6.10 Å². The predicted octanol–water partition coefficient (Wildman–Crippen LogP) is 3.76. The minimum absolute atomic E-state index is 0.278. The molecule has 0 amide bonds. The zero-order valence-electron chi connectivity index (χ0n) is 12.3. The Morgan fingerprint density at radius 3 is 2.33 bits per heavy atom. The van der Waals surface area contributed by atoms with E-state index in [-0.39, 0.29) is 6.61 Å². The molecule has 0 radical (unpaired) electrons. The van der Waals surface area contributed by atoms with E-state index in [1.165, 1.54) is 3.57 Å². The number of aliphatic hydroxyl groups is 1. The van der Waals surface area contributed by atoms with Crippen molar-refractivity contribution in [2.24, 2.45) is 0 Å². The molecule has 21 heavy (non-hydrogen) atoms. The fourth-order valence-corrected chi connectivity index (χ4v) is 2.43. The molecule has 1 atom stereocenters. The van der Waals surface area contributed by atoms with Crippen molar-refractivity contribution in [3.05, 3.63) is 57.2 Å². The van der Waals surface area contributed by atoms with Crippen LogP contribution < -0.4 is 10.1 Å². The molecule has 3 nitrogen and oxygen atoms in total. The zero-order chi connectivity index (χ0) is 15.2. The molecule has 0 saturated carbocycles. The van der Waals surface area contributed by atoms with Crippen molar-refractivity contribution >= 4 is 28.3 Å². The first-order valence-corrected chi connectivity index (χ1v) is 7.99. The molecule has 112 valence electrons. The fraction of sp³-hybridized carbons (Fsp3) is 0.294. The average molecular weight is 397 g/mol. The van der Waals surface area contributed by atoms with E-state index >= 15 is 0 Å². The highest BCUT2D eigenvalue weighted by molar-refractivity contribution is 14.1. The van der Waals surface area contributed by atoms with Gasteiger partial charge in [-0.2, -0.15) is 0 Å². The van der Waals surface area contributed by atoms with E-state index in [1.807, 2.05) is 50.2 Å². The van der Waals surface area contributed by atoms with Crippen LogP contribution in [-0.2, 0) is 0 Å². The van der Waals surface area contributed by atoms with Crippen molar-refractivity contribution in [2.75, 3.05) is 18.5 Å². The van der Waals surface area contributed by atoms with Crippen molar-refractivity contribution in [3.8, 4) is 5.75 Å². The van der Waals surface area contributed by atoms with Gasteiger partial charge in [-0.05, 0) is 84.0 Å². The molecule has 0 saturated heterocycles. The lowest BCUT2D eigenvalue weighted by atomic mass is 10.1. The van der Waals surface area contributed by atoms with E-state index in [0.29, 0.717) is 6.54 Å². The molecule has 0 aliphatic heterocycles. The highest BCUT2D eigenvalue weighted by atomic mass is 127. The van der Waals surface area contributed by atoms with Crippen LogP contribution in [0.5, 0.6) is 5.75 Å². The molecule has 0 aliphatic rings. The van der Waals surface area contributed by atoms with Crippen LogP contribution in [0.25, 0.3) is 0 Å². The Bertz CT molecular complexity index is 564. The maximum Gasteiger partial charge on any atom is 0.119 e. The number of aryl methyl sites for hydroxylation is 2. The quantitative estimate of drug-likeness (QED) is 0.730. The van der Waals surface area contributed by atoms with Crippen LogP contribution in [0.3, 0.4) is 0 Å². The number of ether oxygens (including phenoxy) is 1. The molecule has 2 aromatic carbocycles. The predicted molar refractivity (Wildman–Crippen MR) is 95.1 cm³/mol. The summed E-state index contributed by atoms with van der Waals surface area (Å²) in [7, 11) is 0. The number of rotatable bonds is 6. The fourth-order valence-electron chi connectivity index (χ4n) is 2.07. The Morgan fingerprint density at radius 1 is 1.10 bits per heavy atom. The first-order chi connectivity index (χ1) is 10.0. The van der Waals surface area contributed by atoms with Crippen LogP contribution in [0.1, 0.15) is 11.1 Å². The van der Waals surface area contributed by atoms with Crippen molar-refractivity contribution in [2.45, 2.75) is 20.0 Å². The normalized spacial score (nSPS) is 12.0. The van der Waals surface area contributed by atoms with Crippen LogP contribution in [0.4, 0.5) is 5.69 Å². The summed E-state index contributed by atoms with van der Waals surface area (Å²) in [6, 6.07) is 14.1. The molecule has 0 fully saturated rings. The van der Waals surface area contributed by atoms with Gasteiger partial charge in [-0.1, -0.05) is 6.07 Å². The second kappa shape index (κ2) is 7.66. The lowest BCUT2D eigenvalue weighted by Gasteiger charge is -2.14. The van der Waals surface area contributed by atoms with Gasteiger partial charge >= 0.3 is 0 Å². The first kappa shape index (κ1) is 16.1. The Kier molecular flexibility index (Phi) is 5.87. The summed E-state index contributed by atoms with van der Waals surface area (Å²) in [5.41, 5.74) is 3.33. The number of halogens is 1. The largest absolute Gasteiger partial charge is 0.491 e. The van der Waals surface area contributed by atoms with Gasteiger partial charge in [0.1, 0.15) is 18.5 Å². The lowest BCUT2D eigenvalue weighted by Crippen LogP contribution is -2.26. The molecule has 0 bridgehead atoms. The van der Waals surface area contributed by atoms with Gasteiger partial charge in [0.15, 0.2) is 0 Å². The third-order valence-corrected chi connectivity index (χ3v) is 3.74. The average Bonchev–Trinajstić information content (AvgIpc) is 2.43. The summed E-state index contributed by atoms with van der Waals surface area (Å²) in [5.74, 6) is 0.806. The van der Waals surface area contributed by atoms with Gasteiger partial charge in [0.2, 0.25) is 0 Å². The summed E-state index contributed by atoms with van der Waals surface area (Å²) in [5, 5.41) is 13.2. The van der Waals surface area contributed by atoms with Crippen LogP contribution in [0.15, 0.2) is 42.5 Å². The van der Waals surface area contributed by atoms with E-state index in [9.17, 15) is 5.11 Å². The molecular formula is C17H20INO2. The summed E-state index contributed by atoms with van der Waals surface area (Å²) in [4.78, 5) is 0. The van der Waals surface area contributed by atoms with E-state index in [1.54, 1.807) is 0 Å². The Labute approximate surface area is 139 Å². The minimum atomic E-state index is -0.551. The molecule has 1 unspecified atom stereocenters. The standard InChI is InChI=1S/C17H20INO2/c1-12-7-13(2)9-17(8-12)21-11-16(20)10-19-15-5-3-14(18)4-6-15/h3-9,16,19-20H,10-11H2,1-2H3. The highest BCUT2D eigenvalue weighted by Crippen LogP contribution is 2.16. The molecule has 0 spiro atoms. The summed E-state index contributed by atoms with van der Waals surface area (Å²) in [6.45, 7) is 4.81. The van der Waals surface area contributed by atoms with Crippen molar-refractivity contribution < 1.29 is 9.84 Å². The summed E-state index contributed by atoms with van der Waals surface area (Å²) in [6.07, 6.45) is -0.551. The van der Waals surface area contributed by atoms with Crippen molar-refractivity contribution in [1.29, 1.82) is 0 Å². The number of hydrogen-bond acceptors (Lipinski definition) is 3. The van der Waals surface area contributed by atoms with E-state index in [4.69, 9.17) is 4.74 Å². The van der Waals surface area contributed by atoms with Crippen LogP contribution >= 0.6 is 22.6 Å². The number of aliphatic hydroxyl groups excluding tert-OH is 1. The molecule has 0 heterocycles. The third kappa shape index (κ3) is 5.55. The minimum Gasteiger partial charge on any atom is -0.491 e. The van der Waals surface area contributed by atoms with Gasteiger partial charge < -0.3 is 15.2 Å². The zero-order valence-corrected chi connectivity index (χ0v) is 14.4. The van der Waals surface area contributed by atoms with Crippen molar-refractivity contribution in [1.82, 2.24) is 0 Å². The molecule has 0 aliphatic carbocycles. The highest BCUT2D eigenvalue weighted by Gasteiger charge is 2.06. The van der Waals surface area contributed by atoms with Gasteiger partial charge in [-0.3, -0.25) is 0 Å². The Balaban J connectivity index is 1.79. The monoisotopic (exact) mass is 397 g/mol. The smallest absolute Gasteiger partial charge is 0.119 e. The second-order valence-corrected chi connectivity index (χ2v) is 6.42. The molecule has 2 rings (SSSR count). The number of benzene rings is 2. The van der Waals surface area contributed by atoms with Gasteiger partial charge in [0.05, 0.1) is 0 Å². The number of hydrogen-bond donors (Lipinski definition) is 2. The van der Waals surface area contributed by atoms with Crippen LogP contribution in [0.2, 0.25) is 0 Å². The Morgan fingerprint density at radius 2 is 1.71 bits per heavy atom. The molecule has 2 N–H and O–H groups in total. The first-order valence-electron chi connectivity index (χ1n) is 6.91. The SMILES string of the molecule is Cc1cc(C)cc(OCC(O)CNc2ccc(I)cc2)c1. The van der Waals surface area contributed by atoms with Crippen molar-refractivity contribution in [3.63, 3.8) is 0 Å². The lowest BCUT2D eigenvalue weighted by molar-refractivity contribution is 0.117. The third-order valence-electron chi connectivity index (χ3n) is 3.02. The topological polar surface area (TPSA) is 41.5 Å². The van der Waals surface area contributed by atoms with Gasteiger partial charge in [-0.15, -0.1) is 0 Å². The van der Waals surface area contributed by atoms with Crippen LogP contribution in [0, 0.1) is 17.4 Å². The van der Waals surface area contributed by atoms with E-state index in [2.05, 4.69) is 34.0 Å². The van der Waals surface area contributed by atoms with Gasteiger partial charge in [0, 0.05) is 15.8 Å². The summed E-state index contributed by atoms with van der Waals surface area (Å²) < 4.78 is 6.84.